The Balaban J connectivity index is 1.41. The van der Waals surface area contributed by atoms with E-state index in [0.717, 1.165) is 17.6 Å². The fraction of sp³-hybridized carbons (Fsp3) is 0.0870. The van der Waals surface area contributed by atoms with Crippen molar-refractivity contribution in [2.45, 2.75) is 24.2 Å². The molecular weight excluding hydrogens is 569 g/mol. The van der Waals surface area contributed by atoms with Gasteiger partial charge in [0.2, 0.25) is 0 Å². The Kier molecular flexibility index (Phi) is 4.77. The minimum absolute atomic E-state index is 0.489. The van der Waals surface area contributed by atoms with Gasteiger partial charge in [-0.15, -0.1) is 0 Å². The van der Waals surface area contributed by atoms with E-state index in [1.807, 2.05) is 0 Å². The molecule has 1 aromatic heterocycles. The lowest BCUT2D eigenvalue weighted by Crippen LogP contribution is -2.43. The zero-order valence-corrected chi connectivity index (χ0v) is 26.0. The van der Waals surface area contributed by atoms with Crippen molar-refractivity contribution in [3.05, 3.63) is 202 Å². The number of hydrogen-bond acceptors (Lipinski definition) is 1. The monoisotopic (exact) mass is 598 g/mol. The van der Waals surface area contributed by atoms with E-state index in [0.29, 0.717) is 0 Å². The summed E-state index contributed by atoms with van der Waals surface area (Å²) in [7, 11) is 0. The van der Waals surface area contributed by atoms with Crippen LogP contribution in [-0.2, 0) is 17.3 Å². The summed E-state index contributed by atoms with van der Waals surface area (Å²) >= 11 is 0. The van der Waals surface area contributed by atoms with E-state index < -0.39 is 10.8 Å². The third kappa shape index (κ3) is 2.85. The fourth-order valence-corrected chi connectivity index (χ4v) is 9.77. The first-order valence-corrected chi connectivity index (χ1v) is 16.7. The van der Waals surface area contributed by atoms with Gasteiger partial charge >= 0.3 is 0 Å². The number of aryl methyl sites for hydroxylation is 1. The molecule has 2 spiro atoms. The second kappa shape index (κ2) is 8.78. The molecule has 1 heterocycles. The van der Waals surface area contributed by atoms with Gasteiger partial charge in [-0.05, 0) is 103 Å². The molecule has 3 aliphatic carbocycles. The zero-order chi connectivity index (χ0) is 30.9. The van der Waals surface area contributed by atoms with Crippen LogP contribution < -0.4 is 0 Å². The molecule has 0 saturated carbocycles. The van der Waals surface area contributed by atoms with Gasteiger partial charge in [-0.1, -0.05) is 134 Å². The summed E-state index contributed by atoms with van der Waals surface area (Å²) in [6, 6.07) is 57.2. The minimum atomic E-state index is -0.501. The number of benzene rings is 7. The molecule has 3 aliphatic rings. The van der Waals surface area contributed by atoms with Gasteiger partial charge in [0.05, 0.1) is 10.8 Å². The second-order valence-electron chi connectivity index (χ2n) is 13.4. The van der Waals surface area contributed by atoms with Crippen molar-refractivity contribution in [3.8, 4) is 22.3 Å². The number of rotatable bonds is 1. The maximum absolute atomic E-state index is 6.77. The van der Waals surface area contributed by atoms with Crippen molar-refractivity contribution < 1.29 is 4.42 Å². The van der Waals surface area contributed by atoms with Crippen molar-refractivity contribution in [3.63, 3.8) is 0 Å². The molecule has 220 valence electrons. The largest absolute Gasteiger partial charge is 0.456 e. The highest BCUT2D eigenvalue weighted by Gasteiger charge is 2.59. The Morgan fingerprint density at radius 3 is 1.26 bits per heavy atom. The third-order valence-electron chi connectivity index (χ3n) is 11.5. The first-order chi connectivity index (χ1) is 23.3. The van der Waals surface area contributed by atoms with Gasteiger partial charge < -0.3 is 4.42 Å². The summed E-state index contributed by atoms with van der Waals surface area (Å²) in [6.45, 7) is 2.22. The number of fused-ring (bicyclic) bond motifs is 19. The van der Waals surface area contributed by atoms with E-state index in [1.54, 1.807) is 0 Å². The van der Waals surface area contributed by atoms with Crippen molar-refractivity contribution >= 4 is 21.9 Å². The average Bonchev–Trinajstić information content (AvgIpc) is 3.75. The van der Waals surface area contributed by atoms with Crippen molar-refractivity contribution in [1.82, 2.24) is 0 Å². The lowest BCUT2D eigenvalue weighted by molar-refractivity contribution is 0.627. The standard InChI is InChI=1S/C46H30O/c1-2-28-23-24-43-33(25-28)34-26-41-42(27-44(34)47-43)46(37-19-9-5-15-31(37)32-16-6-10-20-38(32)46)40-22-12-11-21-39(40)45(41)35-17-7-3-13-29(35)30-14-4-8-18-36(30)45/h3-27H,2H2,1H3. The highest BCUT2D eigenvalue weighted by atomic mass is 16.3. The first-order valence-electron chi connectivity index (χ1n) is 16.7. The van der Waals surface area contributed by atoms with Crippen molar-refractivity contribution in [2.24, 2.45) is 0 Å². The molecule has 0 aliphatic heterocycles. The van der Waals surface area contributed by atoms with Crippen LogP contribution in [0.3, 0.4) is 0 Å². The molecule has 47 heavy (non-hydrogen) atoms. The second-order valence-corrected chi connectivity index (χ2v) is 13.4. The molecule has 0 atom stereocenters. The van der Waals surface area contributed by atoms with Gasteiger partial charge in [0.1, 0.15) is 11.2 Å². The summed E-state index contributed by atoms with van der Waals surface area (Å²) in [6.07, 6.45) is 0.988. The highest BCUT2D eigenvalue weighted by Crippen LogP contribution is 2.67. The Hall–Kier alpha value is -5.66. The molecule has 0 N–H and O–H groups in total. The van der Waals surface area contributed by atoms with Gasteiger partial charge in [0.25, 0.3) is 0 Å². The van der Waals surface area contributed by atoms with Crippen molar-refractivity contribution in [1.29, 1.82) is 0 Å². The Morgan fingerprint density at radius 2 is 0.787 bits per heavy atom. The van der Waals surface area contributed by atoms with Gasteiger partial charge in [0, 0.05) is 10.8 Å². The first kappa shape index (κ1) is 25.5. The van der Waals surface area contributed by atoms with Crippen LogP contribution in [0.25, 0.3) is 44.2 Å². The molecule has 11 rings (SSSR count). The van der Waals surface area contributed by atoms with Gasteiger partial charge in [0.15, 0.2) is 0 Å². The smallest absolute Gasteiger partial charge is 0.135 e. The Labute approximate surface area is 273 Å². The predicted octanol–water partition coefficient (Wildman–Crippen LogP) is 11.2. The van der Waals surface area contributed by atoms with Crippen LogP contribution in [0, 0.1) is 0 Å². The predicted molar refractivity (Wildman–Crippen MR) is 191 cm³/mol. The lowest BCUT2D eigenvalue weighted by Gasteiger charge is -2.48. The zero-order valence-electron chi connectivity index (χ0n) is 26.0. The van der Waals surface area contributed by atoms with E-state index in [2.05, 4.69) is 159 Å². The summed E-state index contributed by atoms with van der Waals surface area (Å²) in [5.41, 5.74) is 18.2. The summed E-state index contributed by atoms with van der Waals surface area (Å²) < 4.78 is 6.77. The molecule has 7 aromatic carbocycles. The normalized spacial score (nSPS) is 15.3. The SMILES string of the molecule is CCc1ccc2oc3cc4c(cc3c2c1)C1(c2ccccc2-c2ccccc21)c1ccccc1C41c2ccccc2-c2ccccc21. The quantitative estimate of drug-likeness (QED) is 0.183. The van der Waals surface area contributed by atoms with Crippen LogP contribution in [0.1, 0.15) is 57.0 Å². The topological polar surface area (TPSA) is 13.1 Å². The third-order valence-corrected chi connectivity index (χ3v) is 11.5. The van der Waals surface area contributed by atoms with E-state index in [4.69, 9.17) is 4.42 Å². The van der Waals surface area contributed by atoms with Crippen molar-refractivity contribution in [2.75, 3.05) is 0 Å². The Morgan fingerprint density at radius 1 is 0.383 bits per heavy atom. The molecule has 0 bridgehead atoms. The fourth-order valence-electron chi connectivity index (χ4n) is 9.77. The molecule has 1 heteroatoms. The summed E-state index contributed by atoms with van der Waals surface area (Å²) in [4.78, 5) is 0. The van der Waals surface area contributed by atoms with Crippen LogP contribution in [0.5, 0.6) is 0 Å². The number of furan rings is 1. The van der Waals surface area contributed by atoms with Crippen LogP contribution in [-0.4, -0.2) is 0 Å². The van der Waals surface area contributed by atoms with E-state index in [1.165, 1.54) is 83.1 Å². The average molecular weight is 599 g/mol. The highest BCUT2D eigenvalue weighted by molar-refractivity contribution is 6.07. The maximum Gasteiger partial charge on any atom is 0.135 e. The van der Waals surface area contributed by atoms with E-state index in [9.17, 15) is 0 Å². The van der Waals surface area contributed by atoms with Crippen LogP contribution >= 0.6 is 0 Å². The van der Waals surface area contributed by atoms with E-state index in [-0.39, 0.29) is 0 Å². The molecule has 1 nitrogen and oxygen atoms in total. The molecule has 0 amide bonds. The minimum Gasteiger partial charge on any atom is -0.456 e. The van der Waals surface area contributed by atoms with Gasteiger partial charge in [-0.3, -0.25) is 0 Å². The molecule has 0 unspecified atom stereocenters. The molecule has 0 fully saturated rings. The van der Waals surface area contributed by atoms with E-state index >= 15 is 0 Å². The van der Waals surface area contributed by atoms with Crippen LogP contribution in [0.2, 0.25) is 0 Å². The summed E-state index contributed by atoms with van der Waals surface area (Å²) in [5.74, 6) is 0. The number of hydrogen-bond donors (Lipinski definition) is 0. The van der Waals surface area contributed by atoms with Crippen LogP contribution in [0.4, 0.5) is 0 Å². The maximum atomic E-state index is 6.77. The summed E-state index contributed by atoms with van der Waals surface area (Å²) in [5, 5.41) is 2.38. The lowest BCUT2D eigenvalue weighted by atomic mass is 9.52. The van der Waals surface area contributed by atoms with Gasteiger partial charge in [-0.25, -0.2) is 0 Å². The molecular formula is C46H30O. The molecule has 0 radical (unpaired) electrons. The molecule has 8 aromatic rings. The molecule has 0 saturated heterocycles. The van der Waals surface area contributed by atoms with Crippen LogP contribution in [0.15, 0.2) is 156 Å². The Bertz CT molecular complexity index is 2540. The van der Waals surface area contributed by atoms with Gasteiger partial charge in [-0.2, -0.15) is 0 Å².